The quantitative estimate of drug-likeness (QED) is 0.648. The highest BCUT2D eigenvalue weighted by molar-refractivity contribution is 7.97. The van der Waals surface area contributed by atoms with Gasteiger partial charge in [-0.1, -0.05) is 24.3 Å². The molecule has 0 fully saturated rings. The first-order valence-electron chi connectivity index (χ1n) is 4.72. The van der Waals surface area contributed by atoms with Crippen LogP contribution in [0.3, 0.4) is 0 Å². The Hall–Kier alpha value is -1.09. The number of rotatable bonds is 0. The summed E-state index contributed by atoms with van der Waals surface area (Å²) >= 11 is 0. The molecule has 3 rings (SSSR count). The van der Waals surface area contributed by atoms with Gasteiger partial charge in [0.25, 0.3) is 0 Å². The summed E-state index contributed by atoms with van der Waals surface area (Å²) in [5.74, 6) is 0. The number of fused-ring (bicyclic) bond motifs is 3. The van der Waals surface area contributed by atoms with Crippen molar-refractivity contribution in [3.8, 4) is 0 Å². The van der Waals surface area contributed by atoms with Gasteiger partial charge in [0.1, 0.15) is 0 Å². The van der Waals surface area contributed by atoms with Crippen molar-refractivity contribution in [2.45, 2.75) is 18.1 Å². The number of hydrogen-bond donors (Lipinski definition) is 0. The minimum absolute atomic E-state index is 0.211. The lowest BCUT2D eigenvalue weighted by Crippen LogP contribution is -2.33. The van der Waals surface area contributed by atoms with E-state index in [1.54, 1.807) is 0 Å². The summed E-state index contributed by atoms with van der Waals surface area (Å²) in [6.45, 7) is 0. The van der Waals surface area contributed by atoms with E-state index >= 15 is 0 Å². The minimum atomic E-state index is -2.89. The van der Waals surface area contributed by atoms with Gasteiger partial charge in [-0.25, -0.2) is 8.42 Å². The van der Waals surface area contributed by atoms with Gasteiger partial charge in [0, 0.05) is 5.41 Å². The lowest BCUT2D eigenvalue weighted by molar-refractivity contribution is 0.587. The molecule has 0 saturated heterocycles. The Morgan fingerprint density at radius 1 is 1.21 bits per heavy atom. The molecule has 0 N–H and O–H groups in total. The fourth-order valence-corrected chi connectivity index (χ4v) is 3.88. The van der Waals surface area contributed by atoms with Crippen molar-refractivity contribution < 1.29 is 8.42 Å². The highest BCUT2D eigenvalue weighted by Gasteiger charge is 2.40. The predicted octanol–water partition coefficient (Wildman–Crippen LogP) is 1.77. The van der Waals surface area contributed by atoms with Crippen LogP contribution in [0.5, 0.6) is 0 Å². The van der Waals surface area contributed by atoms with Crippen molar-refractivity contribution in [1.82, 2.24) is 0 Å². The van der Waals surface area contributed by atoms with Crippen LogP contribution >= 0.6 is 0 Å². The fraction of sp³-hybridized carbons (Fsp3) is 0.273. The maximum Gasteiger partial charge on any atom is 0.178 e. The molecule has 2 nitrogen and oxygen atoms in total. The van der Waals surface area contributed by atoms with E-state index in [1.807, 2.05) is 18.2 Å². The zero-order valence-electron chi connectivity index (χ0n) is 7.60. The topological polar surface area (TPSA) is 34.1 Å². The van der Waals surface area contributed by atoms with Gasteiger partial charge in [-0.2, -0.15) is 0 Å². The summed E-state index contributed by atoms with van der Waals surface area (Å²) in [7, 11) is -2.89. The summed E-state index contributed by atoms with van der Waals surface area (Å²) in [5.41, 5.74) is 3.44. The first kappa shape index (κ1) is 8.24. The molecule has 2 aliphatic rings. The molecule has 0 radical (unpaired) electrons. The first-order chi connectivity index (χ1) is 6.68. The van der Waals surface area contributed by atoms with E-state index in [2.05, 4.69) is 6.07 Å². The third kappa shape index (κ3) is 0.932. The molecule has 1 aliphatic heterocycles. The highest BCUT2D eigenvalue weighted by Crippen LogP contribution is 2.42. The van der Waals surface area contributed by atoms with Crippen molar-refractivity contribution in [2.24, 2.45) is 0 Å². The summed E-state index contributed by atoms with van der Waals surface area (Å²) < 4.78 is 22.8. The van der Waals surface area contributed by atoms with Gasteiger partial charge in [0.2, 0.25) is 0 Å². The SMILES string of the molecule is O=S1(=O)C=C2c3ccccc3CC[C@H]21. The normalized spacial score (nSPS) is 26.9. The van der Waals surface area contributed by atoms with E-state index in [0.29, 0.717) is 0 Å². The standard InChI is InChI=1S/C11H10O2S/c12-14(13)7-10-9-4-2-1-3-8(9)5-6-11(10)14/h1-4,7,11H,5-6H2/t11-/m1/s1. The second-order valence-electron chi connectivity index (χ2n) is 3.85. The van der Waals surface area contributed by atoms with Crippen LogP contribution in [0.15, 0.2) is 29.7 Å². The molecule has 0 unspecified atom stereocenters. The Morgan fingerprint density at radius 3 is 2.79 bits per heavy atom. The van der Waals surface area contributed by atoms with Gasteiger partial charge in [0.05, 0.1) is 5.25 Å². The van der Waals surface area contributed by atoms with Crippen LogP contribution in [0, 0.1) is 0 Å². The highest BCUT2D eigenvalue weighted by atomic mass is 32.2. The van der Waals surface area contributed by atoms with Crippen LogP contribution in [0.4, 0.5) is 0 Å². The molecule has 14 heavy (non-hydrogen) atoms. The number of sulfone groups is 1. The molecule has 0 bridgehead atoms. The van der Waals surface area contributed by atoms with Crippen LogP contribution in [-0.2, 0) is 16.3 Å². The number of aryl methyl sites for hydroxylation is 1. The molecule has 1 aromatic rings. The number of hydrogen-bond acceptors (Lipinski definition) is 2. The van der Waals surface area contributed by atoms with Gasteiger partial charge in [-0.15, -0.1) is 0 Å². The third-order valence-electron chi connectivity index (χ3n) is 3.04. The van der Waals surface area contributed by atoms with E-state index in [4.69, 9.17) is 0 Å². The second kappa shape index (κ2) is 2.48. The van der Waals surface area contributed by atoms with Gasteiger partial charge in [-0.3, -0.25) is 0 Å². The van der Waals surface area contributed by atoms with Crippen LogP contribution in [0.1, 0.15) is 17.5 Å². The molecule has 0 saturated carbocycles. The van der Waals surface area contributed by atoms with Crippen LogP contribution < -0.4 is 0 Å². The van der Waals surface area contributed by atoms with Crippen molar-refractivity contribution in [3.05, 3.63) is 40.8 Å². The maximum atomic E-state index is 11.4. The Labute approximate surface area is 83.2 Å². The molecule has 1 heterocycles. The number of benzene rings is 1. The zero-order valence-corrected chi connectivity index (χ0v) is 8.42. The molecule has 0 aromatic heterocycles. The lowest BCUT2D eigenvalue weighted by Gasteiger charge is -2.32. The molecule has 0 amide bonds. The molecule has 1 atom stereocenters. The van der Waals surface area contributed by atoms with Crippen molar-refractivity contribution >= 4 is 15.4 Å². The summed E-state index contributed by atoms with van der Waals surface area (Å²) in [5, 5.41) is 1.22. The Morgan fingerprint density at radius 2 is 2.00 bits per heavy atom. The summed E-state index contributed by atoms with van der Waals surface area (Å²) in [6.07, 6.45) is 1.64. The van der Waals surface area contributed by atoms with Gasteiger partial charge >= 0.3 is 0 Å². The average Bonchev–Trinajstić information content (AvgIpc) is 2.16. The largest absolute Gasteiger partial charge is 0.224 e. The average molecular weight is 206 g/mol. The molecule has 0 spiro atoms. The van der Waals surface area contributed by atoms with Crippen molar-refractivity contribution in [3.63, 3.8) is 0 Å². The Bertz CT molecular complexity index is 526. The van der Waals surface area contributed by atoms with Gasteiger partial charge < -0.3 is 0 Å². The van der Waals surface area contributed by atoms with Crippen molar-refractivity contribution in [2.75, 3.05) is 0 Å². The van der Waals surface area contributed by atoms with E-state index in [1.165, 1.54) is 11.0 Å². The maximum absolute atomic E-state index is 11.4. The van der Waals surface area contributed by atoms with E-state index in [9.17, 15) is 8.42 Å². The van der Waals surface area contributed by atoms with E-state index in [0.717, 1.165) is 24.0 Å². The van der Waals surface area contributed by atoms with Crippen LogP contribution in [0.2, 0.25) is 0 Å². The third-order valence-corrected chi connectivity index (χ3v) is 4.90. The van der Waals surface area contributed by atoms with Crippen LogP contribution in [-0.4, -0.2) is 13.7 Å². The second-order valence-corrected chi connectivity index (χ2v) is 5.83. The lowest BCUT2D eigenvalue weighted by atomic mass is 9.87. The zero-order chi connectivity index (χ0) is 9.76. The molecule has 72 valence electrons. The van der Waals surface area contributed by atoms with Gasteiger partial charge in [0.15, 0.2) is 9.84 Å². The Balaban J connectivity index is 2.23. The van der Waals surface area contributed by atoms with Crippen LogP contribution in [0.25, 0.3) is 5.57 Å². The molecular formula is C11H10O2S. The molecule has 3 heteroatoms. The smallest absolute Gasteiger partial charge is 0.178 e. The summed E-state index contributed by atoms with van der Waals surface area (Å²) in [6, 6.07) is 8.07. The van der Waals surface area contributed by atoms with Gasteiger partial charge in [-0.05, 0) is 29.5 Å². The first-order valence-corrected chi connectivity index (χ1v) is 6.33. The van der Waals surface area contributed by atoms with E-state index < -0.39 is 9.84 Å². The predicted molar refractivity (Wildman–Crippen MR) is 55.4 cm³/mol. The summed E-state index contributed by atoms with van der Waals surface area (Å²) in [4.78, 5) is 0. The molecular weight excluding hydrogens is 196 g/mol. The molecule has 1 aromatic carbocycles. The molecule has 1 aliphatic carbocycles. The van der Waals surface area contributed by atoms with Crippen molar-refractivity contribution in [1.29, 1.82) is 0 Å². The Kier molecular flexibility index (Phi) is 1.46. The fourth-order valence-electron chi connectivity index (χ4n) is 2.30. The monoisotopic (exact) mass is 206 g/mol. The minimum Gasteiger partial charge on any atom is -0.224 e. The van der Waals surface area contributed by atoms with E-state index in [-0.39, 0.29) is 5.25 Å².